The molecule has 6 rings (SSSR count). The summed E-state index contributed by atoms with van der Waals surface area (Å²) in [7, 11) is 0. The van der Waals surface area contributed by atoms with E-state index in [2.05, 4.69) is 11.0 Å². The SMILES string of the molecule is O=C(OCC(=O)N1CCN(Cc2ccc3c(c2)OCO3)CC1)c1c2ccccc2cc2ccccc12. The van der Waals surface area contributed by atoms with Gasteiger partial charge < -0.3 is 19.1 Å². The molecule has 0 atom stereocenters. The van der Waals surface area contributed by atoms with Crippen molar-refractivity contribution in [1.82, 2.24) is 9.80 Å². The molecular formula is C29H26N2O5. The fourth-order valence-electron chi connectivity index (χ4n) is 4.98. The van der Waals surface area contributed by atoms with Gasteiger partial charge in [0.25, 0.3) is 5.91 Å². The zero-order valence-electron chi connectivity index (χ0n) is 19.8. The highest BCUT2D eigenvalue weighted by Gasteiger charge is 2.24. The van der Waals surface area contributed by atoms with E-state index in [1.54, 1.807) is 4.90 Å². The highest BCUT2D eigenvalue weighted by molar-refractivity contribution is 6.16. The molecule has 182 valence electrons. The van der Waals surface area contributed by atoms with Crippen LogP contribution in [-0.2, 0) is 16.1 Å². The first-order valence-corrected chi connectivity index (χ1v) is 12.1. The van der Waals surface area contributed by atoms with Crippen molar-refractivity contribution in [3.8, 4) is 11.5 Å². The van der Waals surface area contributed by atoms with E-state index >= 15 is 0 Å². The number of piperazine rings is 1. The molecule has 0 saturated carbocycles. The van der Waals surface area contributed by atoms with Gasteiger partial charge in [0, 0.05) is 32.7 Å². The summed E-state index contributed by atoms with van der Waals surface area (Å²) in [5.41, 5.74) is 1.65. The van der Waals surface area contributed by atoms with Gasteiger partial charge in [-0.05, 0) is 45.3 Å². The maximum atomic E-state index is 13.2. The highest BCUT2D eigenvalue weighted by Crippen LogP contribution is 2.33. The lowest BCUT2D eigenvalue weighted by molar-refractivity contribution is -0.136. The van der Waals surface area contributed by atoms with E-state index in [1.807, 2.05) is 66.7 Å². The van der Waals surface area contributed by atoms with Gasteiger partial charge in [-0.3, -0.25) is 9.69 Å². The van der Waals surface area contributed by atoms with E-state index in [1.165, 1.54) is 0 Å². The number of benzene rings is 4. The van der Waals surface area contributed by atoms with Crippen LogP contribution in [0.25, 0.3) is 21.5 Å². The minimum atomic E-state index is -0.474. The van der Waals surface area contributed by atoms with Gasteiger partial charge >= 0.3 is 5.97 Å². The van der Waals surface area contributed by atoms with Gasteiger partial charge in [-0.1, -0.05) is 54.6 Å². The van der Waals surface area contributed by atoms with Crippen LogP contribution < -0.4 is 9.47 Å². The number of ether oxygens (including phenoxy) is 3. The minimum absolute atomic E-state index is 0.171. The Morgan fingerprint density at radius 3 is 2.17 bits per heavy atom. The van der Waals surface area contributed by atoms with E-state index in [0.717, 1.165) is 58.2 Å². The molecule has 1 amide bonds. The molecule has 0 bridgehead atoms. The number of amides is 1. The van der Waals surface area contributed by atoms with Crippen molar-refractivity contribution in [2.75, 3.05) is 39.6 Å². The Morgan fingerprint density at radius 2 is 1.44 bits per heavy atom. The molecule has 0 aliphatic carbocycles. The standard InChI is InChI=1S/C29H26N2O5/c32-27(31-13-11-30(12-14-31)17-20-9-10-25-26(15-20)36-19-35-25)18-34-29(33)28-23-7-3-1-5-21(23)16-22-6-2-4-8-24(22)28/h1-10,15-16H,11-14,17-19H2. The lowest BCUT2D eigenvalue weighted by atomic mass is 9.97. The molecule has 4 aromatic rings. The predicted molar refractivity (Wildman–Crippen MR) is 136 cm³/mol. The fraction of sp³-hybridized carbons (Fsp3) is 0.241. The molecular weight excluding hydrogens is 456 g/mol. The number of carbonyl (C=O) groups excluding carboxylic acids is 2. The Kier molecular flexibility index (Phi) is 5.91. The summed E-state index contributed by atoms with van der Waals surface area (Å²) < 4.78 is 16.4. The zero-order valence-corrected chi connectivity index (χ0v) is 19.8. The Labute approximate surface area is 208 Å². The van der Waals surface area contributed by atoms with Gasteiger partial charge in [0.15, 0.2) is 18.1 Å². The third-order valence-electron chi connectivity index (χ3n) is 6.87. The highest BCUT2D eigenvalue weighted by atomic mass is 16.7. The van der Waals surface area contributed by atoms with Crippen molar-refractivity contribution < 1.29 is 23.8 Å². The smallest absolute Gasteiger partial charge is 0.339 e. The number of hydrogen-bond donors (Lipinski definition) is 0. The van der Waals surface area contributed by atoms with Crippen LogP contribution in [-0.4, -0.2) is 61.3 Å². The van der Waals surface area contributed by atoms with Crippen molar-refractivity contribution in [1.29, 1.82) is 0 Å². The summed E-state index contributed by atoms with van der Waals surface area (Å²) in [5.74, 6) is 0.913. The zero-order chi connectivity index (χ0) is 24.5. The Bertz CT molecular complexity index is 1410. The average Bonchev–Trinajstić information content (AvgIpc) is 3.38. The fourth-order valence-corrected chi connectivity index (χ4v) is 4.98. The van der Waals surface area contributed by atoms with Gasteiger partial charge in [0.1, 0.15) is 0 Å². The molecule has 2 aliphatic heterocycles. The van der Waals surface area contributed by atoms with Crippen LogP contribution in [0.3, 0.4) is 0 Å². The van der Waals surface area contributed by atoms with Gasteiger partial charge in [0.05, 0.1) is 5.56 Å². The van der Waals surface area contributed by atoms with E-state index in [-0.39, 0.29) is 19.3 Å². The Balaban J connectivity index is 1.08. The number of hydrogen-bond acceptors (Lipinski definition) is 6. The topological polar surface area (TPSA) is 68.3 Å². The van der Waals surface area contributed by atoms with Crippen LogP contribution >= 0.6 is 0 Å². The molecule has 0 unspecified atom stereocenters. The van der Waals surface area contributed by atoms with Gasteiger partial charge in [-0.25, -0.2) is 4.79 Å². The average molecular weight is 483 g/mol. The molecule has 1 saturated heterocycles. The van der Waals surface area contributed by atoms with Crippen molar-refractivity contribution in [3.63, 3.8) is 0 Å². The molecule has 0 spiro atoms. The first-order valence-electron chi connectivity index (χ1n) is 12.1. The van der Waals surface area contributed by atoms with Crippen LogP contribution in [0, 0.1) is 0 Å². The first-order chi connectivity index (χ1) is 17.7. The molecule has 7 nitrogen and oxygen atoms in total. The van der Waals surface area contributed by atoms with Gasteiger partial charge in [-0.2, -0.15) is 0 Å². The van der Waals surface area contributed by atoms with E-state index in [9.17, 15) is 9.59 Å². The molecule has 4 aromatic carbocycles. The van der Waals surface area contributed by atoms with E-state index in [0.29, 0.717) is 18.7 Å². The molecule has 0 radical (unpaired) electrons. The summed E-state index contributed by atoms with van der Waals surface area (Å²) in [6.07, 6.45) is 0. The van der Waals surface area contributed by atoms with Crippen molar-refractivity contribution in [2.45, 2.75) is 6.54 Å². The third kappa shape index (κ3) is 4.33. The van der Waals surface area contributed by atoms with Crippen LogP contribution in [0.4, 0.5) is 0 Å². The summed E-state index contributed by atoms with van der Waals surface area (Å²) >= 11 is 0. The second-order valence-corrected chi connectivity index (χ2v) is 9.11. The van der Waals surface area contributed by atoms with E-state index < -0.39 is 5.97 Å². The largest absolute Gasteiger partial charge is 0.454 e. The molecule has 7 heteroatoms. The third-order valence-corrected chi connectivity index (χ3v) is 6.87. The van der Waals surface area contributed by atoms with Crippen molar-refractivity contribution >= 4 is 33.4 Å². The summed E-state index contributed by atoms with van der Waals surface area (Å²) in [6, 6.07) is 23.5. The lowest BCUT2D eigenvalue weighted by Crippen LogP contribution is -2.49. The minimum Gasteiger partial charge on any atom is -0.454 e. The lowest BCUT2D eigenvalue weighted by Gasteiger charge is -2.34. The second kappa shape index (κ2) is 9.51. The normalized spacial score (nSPS) is 15.4. The number of carbonyl (C=O) groups is 2. The van der Waals surface area contributed by atoms with Crippen LogP contribution in [0.5, 0.6) is 11.5 Å². The quantitative estimate of drug-likeness (QED) is 0.313. The summed E-state index contributed by atoms with van der Waals surface area (Å²) in [4.78, 5) is 30.1. The molecule has 0 aromatic heterocycles. The van der Waals surface area contributed by atoms with Crippen LogP contribution in [0.2, 0.25) is 0 Å². The monoisotopic (exact) mass is 482 g/mol. The summed E-state index contributed by atoms with van der Waals surface area (Å²) in [6.45, 7) is 3.47. The van der Waals surface area contributed by atoms with E-state index in [4.69, 9.17) is 14.2 Å². The summed E-state index contributed by atoms with van der Waals surface area (Å²) in [5, 5.41) is 3.58. The molecule has 1 fully saturated rings. The molecule has 36 heavy (non-hydrogen) atoms. The second-order valence-electron chi connectivity index (χ2n) is 9.11. The first kappa shape index (κ1) is 22.4. The van der Waals surface area contributed by atoms with Crippen molar-refractivity contribution in [2.24, 2.45) is 0 Å². The molecule has 0 N–H and O–H groups in total. The molecule has 2 heterocycles. The maximum Gasteiger partial charge on any atom is 0.339 e. The predicted octanol–water partition coefficient (Wildman–Crippen LogP) is 4.22. The van der Waals surface area contributed by atoms with Crippen LogP contribution in [0.1, 0.15) is 15.9 Å². The number of fused-ring (bicyclic) bond motifs is 3. The number of rotatable bonds is 5. The Hall–Kier alpha value is -4.10. The Morgan fingerprint density at radius 1 is 0.778 bits per heavy atom. The van der Waals surface area contributed by atoms with Gasteiger partial charge in [-0.15, -0.1) is 0 Å². The van der Waals surface area contributed by atoms with Gasteiger partial charge in [0.2, 0.25) is 6.79 Å². The van der Waals surface area contributed by atoms with Crippen LogP contribution in [0.15, 0.2) is 72.8 Å². The number of nitrogens with zero attached hydrogens (tertiary/aromatic N) is 2. The van der Waals surface area contributed by atoms with Crippen molar-refractivity contribution in [3.05, 3.63) is 83.9 Å². The molecule has 2 aliphatic rings. The maximum absolute atomic E-state index is 13.2. The number of esters is 1.